The second kappa shape index (κ2) is 5.97. The van der Waals surface area contributed by atoms with E-state index < -0.39 is 0 Å². The highest BCUT2D eigenvalue weighted by Gasteiger charge is 2.19. The first-order valence-electron chi connectivity index (χ1n) is 7.29. The van der Waals surface area contributed by atoms with Crippen LogP contribution in [0.15, 0.2) is 61.7 Å². The molecule has 3 rings (SSSR count). The van der Waals surface area contributed by atoms with Crippen molar-refractivity contribution >= 4 is 29.0 Å². The molecule has 0 radical (unpaired) electrons. The number of aromatic nitrogens is 1. The monoisotopic (exact) mass is 303 g/mol. The molecule has 0 atom stereocenters. The fraction of sp³-hybridized carbons (Fsp3) is 0.0500. The second-order valence-corrected chi connectivity index (χ2v) is 5.07. The highest BCUT2D eigenvalue weighted by Crippen LogP contribution is 2.32. The summed E-state index contributed by atoms with van der Waals surface area (Å²) in [5.74, 6) is -0.367. The van der Waals surface area contributed by atoms with Crippen LogP contribution in [0, 0.1) is 0 Å². The number of esters is 1. The van der Waals surface area contributed by atoms with Gasteiger partial charge in [-0.1, -0.05) is 49.6 Å². The summed E-state index contributed by atoms with van der Waals surface area (Å²) in [5.41, 5.74) is 4.16. The van der Waals surface area contributed by atoms with E-state index in [0.717, 1.165) is 27.8 Å². The third-order valence-electron chi connectivity index (χ3n) is 3.90. The van der Waals surface area contributed by atoms with Crippen molar-refractivity contribution in [1.82, 2.24) is 4.57 Å². The number of fused-ring (bicyclic) bond motifs is 1. The van der Waals surface area contributed by atoms with Crippen molar-refractivity contribution in [1.29, 1.82) is 0 Å². The second-order valence-electron chi connectivity index (χ2n) is 5.07. The average molecular weight is 303 g/mol. The molecule has 0 aliphatic carbocycles. The summed E-state index contributed by atoms with van der Waals surface area (Å²) in [6.07, 6.45) is 3.60. The summed E-state index contributed by atoms with van der Waals surface area (Å²) in [5, 5.41) is 1.07. The minimum Gasteiger partial charge on any atom is -0.465 e. The molecule has 0 fully saturated rings. The zero-order chi connectivity index (χ0) is 16.4. The average Bonchev–Trinajstić information content (AvgIpc) is 2.94. The standard InChI is InChI=1S/C20H17NO2/c1-4-14-15-10-6-8-12-18(15)21(17(14)5-2)19-13-9-7-11-16(19)20(22)23-3/h4-13H,1-2H2,3H3. The van der Waals surface area contributed by atoms with Crippen molar-refractivity contribution in [3.05, 3.63) is 78.5 Å². The summed E-state index contributed by atoms with van der Waals surface area (Å²) in [6, 6.07) is 15.4. The van der Waals surface area contributed by atoms with Gasteiger partial charge in [-0.2, -0.15) is 0 Å². The molecule has 0 N–H and O–H groups in total. The van der Waals surface area contributed by atoms with E-state index in [1.54, 1.807) is 12.1 Å². The van der Waals surface area contributed by atoms with Crippen molar-refractivity contribution in [2.24, 2.45) is 0 Å². The number of hydrogen-bond acceptors (Lipinski definition) is 2. The summed E-state index contributed by atoms with van der Waals surface area (Å²) in [6.45, 7) is 7.85. The number of carbonyl (C=O) groups is 1. The number of hydrogen-bond donors (Lipinski definition) is 0. The van der Waals surface area contributed by atoms with E-state index in [1.807, 2.05) is 53.1 Å². The van der Waals surface area contributed by atoms with Crippen molar-refractivity contribution < 1.29 is 9.53 Å². The van der Waals surface area contributed by atoms with Gasteiger partial charge in [0.15, 0.2) is 0 Å². The van der Waals surface area contributed by atoms with E-state index >= 15 is 0 Å². The molecule has 0 aliphatic heterocycles. The highest BCUT2D eigenvalue weighted by atomic mass is 16.5. The Bertz CT molecular complexity index is 919. The summed E-state index contributed by atoms with van der Waals surface area (Å²) < 4.78 is 6.94. The fourth-order valence-corrected chi connectivity index (χ4v) is 2.91. The van der Waals surface area contributed by atoms with Gasteiger partial charge in [0, 0.05) is 10.9 Å². The molecule has 0 aliphatic rings. The maximum Gasteiger partial charge on any atom is 0.339 e. The molecule has 2 aromatic carbocycles. The third kappa shape index (κ3) is 2.27. The Morgan fingerprint density at radius 3 is 2.43 bits per heavy atom. The minimum atomic E-state index is -0.367. The summed E-state index contributed by atoms with van der Waals surface area (Å²) >= 11 is 0. The van der Waals surface area contributed by atoms with Gasteiger partial charge in [-0.25, -0.2) is 4.79 Å². The van der Waals surface area contributed by atoms with Gasteiger partial charge in [0.2, 0.25) is 0 Å². The molecule has 0 amide bonds. The number of rotatable bonds is 4. The number of para-hydroxylation sites is 2. The van der Waals surface area contributed by atoms with Crippen molar-refractivity contribution in [2.45, 2.75) is 0 Å². The molecular weight excluding hydrogens is 286 g/mol. The van der Waals surface area contributed by atoms with Crippen LogP contribution < -0.4 is 0 Å². The Morgan fingerprint density at radius 1 is 1.04 bits per heavy atom. The molecule has 1 heterocycles. The van der Waals surface area contributed by atoms with E-state index in [4.69, 9.17) is 4.74 Å². The minimum absolute atomic E-state index is 0.367. The van der Waals surface area contributed by atoms with Crippen LogP contribution in [0.25, 0.3) is 28.7 Å². The molecule has 0 bridgehead atoms. The molecule has 3 heteroatoms. The van der Waals surface area contributed by atoms with E-state index in [9.17, 15) is 4.79 Å². The van der Waals surface area contributed by atoms with Crippen LogP contribution in [-0.4, -0.2) is 17.6 Å². The van der Waals surface area contributed by atoms with Gasteiger partial charge in [-0.3, -0.25) is 0 Å². The first kappa shape index (κ1) is 14.9. The Hall–Kier alpha value is -3.07. The van der Waals surface area contributed by atoms with Gasteiger partial charge >= 0.3 is 5.97 Å². The zero-order valence-corrected chi connectivity index (χ0v) is 13.0. The molecule has 23 heavy (non-hydrogen) atoms. The van der Waals surface area contributed by atoms with Gasteiger partial charge in [0.1, 0.15) is 0 Å². The third-order valence-corrected chi connectivity index (χ3v) is 3.90. The lowest BCUT2D eigenvalue weighted by Crippen LogP contribution is -2.08. The Morgan fingerprint density at radius 2 is 1.74 bits per heavy atom. The maximum absolute atomic E-state index is 12.1. The molecule has 114 valence electrons. The normalized spacial score (nSPS) is 10.5. The van der Waals surface area contributed by atoms with Crippen molar-refractivity contribution in [3.63, 3.8) is 0 Å². The number of nitrogens with zero attached hydrogens (tertiary/aromatic N) is 1. The smallest absolute Gasteiger partial charge is 0.339 e. The first-order valence-corrected chi connectivity index (χ1v) is 7.29. The molecule has 0 saturated heterocycles. The van der Waals surface area contributed by atoms with E-state index in [-0.39, 0.29) is 5.97 Å². The van der Waals surface area contributed by atoms with Crippen molar-refractivity contribution in [3.8, 4) is 5.69 Å². The van der Waals surface area contributed by atoms with Crippen molar-refractivity contribution in [2.75, 3.05) is 7.11 Å². The van der Waals surface area contributed by atoms with Gasteiger partial charge in [0.05, 0.1) is 29.6 Å². The Balaban J connectivity index is 2.44. The molecular formula is C20H17NO2. The summed E-state index contributed by atoms with van der Waals surface area (Å²) in [7, 11) is 1.39. The molecule has 3 nitrogen and oxygen atoms in total. The van der Waals surface area contributed by atoms with E-state index in [2.05, 4.69) is 13.2 Å². The number of methoxy groups -OCH3 is 1. The molecule has 0 unspecified atom stereocenters. The highest BCUT2D eigenvalue weighted by molar-refractivity contribution is 5.98. The predicted molar refractivity (Wildman–Crippen MR) is 94.8 cm³/mol. The quantitative estimate of drug-likeness (QED) is 0.654. The van der Waals surface area contributed by atoms with E-state index in [0.29, 0.717) is 5.56 Å². The molecule has 3 aromatic rings. The van der Waals surface area contributed by atoms with E-state index in [1.165, 1.54) is 7.11 Å². The van der Waals surface area contributed by atoms with Gasteiger partial charge in [0.25, 0.3) is 0 Å². The van der Waals surface area contributed by atoms with Crippen LogP contribution in [0.3, 0.4) is 0 Å². The lowest BCUT2D eigenvalue weighted by Gasteiger charge is -2.13. The first-order chi connectivity index (χ1) is 11.2. The number of carbonyl (C=O) groups excluding carboxylic acids is 1. The molecule has 0 spiro atoms. The predicted octanol–water partition coefficient (Wildman–Crippen LogP) is 4.70. The van der Waals surface area contributed by atoms with Gasteiger partial charge in [-0.05, 0) is 24.3 Å². The van der Waals surface area contributed by atoms with Crippen LogP contribution in [0.4, 0.5) is 0 Å². The van der Waals surface area contributed by atoms with Crippen LogP contribution in [0.5, 0.6) is 0 Å². The van der Waals surface area contributed by atoms with Gasteiger partial charge < -0.3 is 9.30 Å². The Labute approximate surface area is 135 Å². The lowest BCUT2D eigenvalue weighted by molar-refractivity contribution is 0.0601. The number of ether oxygens (including phenoxy) is 1. The SMILES string of the molecule is C=Cc1c(C=C)n(-c2ccccc2C(=O)OC)c2ccccc12. The van der Waals surface area contributed by atoms with Gasteiger partial charge in [-0.15, -0.1) is 0 Å². The number of benzene rings is 2. The van der Waals surface area contributed by atoms with Crippen LogP contribution in [0.1, 0.15) is 21.6 Å². The zero-order valence-electron chi connectivity index (χ0n) is 13.0. The Kier molecular flexibility index (Phi) is 3.85. The topological polar surface area (TPSA) is 31.2 Å². The van der Waals surface area contributed by atoms with Crippen LogP contribution in [-0.2, 0) is 4.74 Å². The maximum atomic E-state index is 12.1. The largest absolute Gasteiger partial charge is 0.465 e. The molecule has 0 saturated carbocycles. The van der Waals surface area contributed by atoms with Crippen LogP contribution >= 0.6 is 0 Å². The summed E-state index contributed by atoms with van der Waals surface area (Å²) in [4.78, 5) is 12.1. The van der Waals surface area contributed by atoms with Crippen LogP contribution in [0.2, 0.25) is 0 Å². The fourth-order valence-electron chi connectivity index (χ4n) is 2.91. The lowest BCUT2D eigenvalue weighted by atomic mass is 10.1. The molecule has 1 aromatic heterocycles.